The molecule has 0 aliphatic carbocycles. The third kappa shape index (κ3) is 3.41. The molecule has 2 saturated heterocycles. The van der Waals surface area contributed by atoms with Crippen LogP contribution < -0.4 is 10.2 Å². The van der Waals surface area contributed by atoms with Crippen LogP contribution in [0.3, 0.4) is 0 Å². The average Bonchev–Trinajstić information content (AvgIpc) is 3.16. The van der Waals surface area contributed by atoms with Crippen molar-refractivity contribution in [1.29, 1.82) is 0 Å². The number of likely N-dealkylation sites (N-methyl/N-ethyl adjacent to an activating group) is 1. The fourth-order valence-corrected chi connectivity index (χ4v) is 4.16. The van der Waals surface area contributed by atoms with Crippen molar-refractivity contribution >= 4 is 17.0 Å². The van der Waals surface area contributed by atoms with Gasteiger partial charge in [-0.25, -0.2) is 15.0 Å². The highest BCUT2D eigenvalue weighted by atomic mass is 16.5. The molecule has 0 unspecified atom stereocenters. The Morgan fingerprint density at radius 2 is 2.00 bits per heavy atom. The first-order valence-corrected chi connectivity index (χ1v) is 9.55. The second-order valence-corrected chi connectivity index (χ2v) is 7.67. The molecule has 0 aromatic carbocycles. The van der Waals surface area contributed by atoms with Crippen LogP contribution in [-0.4, -0.2) is 83.4 Å². The minimum absolute atomic E-state index is 0.226. The van der Waals surface area contributed by atoms with Gasteiger partial charge >= 0.3 is 0 Å². The fraction of sp³-hybridized carbons (Fsp3) is 0.722. The number of ether oxygens (including phenoxy) is 1. The third-order valence-electron chi connectivity index (χ3n) is 6.09. The fourth-order valence-electron chi connectivity index (χ4n) is 4.16. The highest BCUT2D eigenvalue weighted by Crippen LogP contribution is 2.27. The standard InChI is InChI=1S/C18H29N7O/c1-24(2)18(5-9-26-10-6-18)11-19-14-3-7-25(8-4-14)17-15-16(21-12-20-15)22-13-23-17/h12-14,19H,3-11H2,1-2H3,(H,20,21,22,23). The van der Waals surface area contributed by atoms with E-state index in [2.05, 4.69) is 49.1 Å². The van der Waals surface area contributed by atoms with Gasteiger partial charge in [0.15, 0.2) is 11.5 Å². The van der Waals surface area contributed by atoms with Crippen LogP contribution in [0, 0.1) is 0 Å². The number of rotatable bonds is 5. The molecular weight excluding hydrogens is 330 g/mol. The summed E-state index contributed by atoms with van der Waals surface area (Å²) in [6, 6.07) is 0.560. The molecule has 0 amide bonds. The zero-order valence-electron chi connectivity index (χ0n) is 15.7. The van der Waals surface area contributed by atoms with Crippen molar-refractivity contribution in [2.75, 3.05) is 51.8 Å². The van der Waals surface area contributed by atoms with Crippen molar-refractivity contribution < 1.29 is 4.74 Å². The molecule has 0 saturated carbocycles. The minimum atomic E-state index is 0.226. The van der Waals surface area contributed by atoms with Gasteiger partial charge in [-0.15, -0.1) is 0 Å². The van der Waals surface area contributed by atoms with Crippen LogP contribution in [0.25, 0.3) is 11.2 Å². The molecule has 8 nitrogen and oxygen atoms in total. The van der Waals surface area contributed by atoms with Crippen LogP contribution in [0.4, 0.5) is 5.82 Å². The van der Waals surface area contributed by atoms with E-state index in [0.717, 1.165) is 75.5 Å². The second kappa shape index (κ2) is 7.46. The van der Waals surface area contributed by atoms with E-state index in [-0.39, 0.29) is 5.54 Å². The first-order valence-electron chi connectivity index (χ1n) is 9.55. The van der Waals surface area contributed by atoms with Crippen molar-refractivity contribution in [2.45, 2.75) is 37.3 Å². The van der Waals surface area contributed by atoms with Crippen LogP contribution in [0.15, 0.2) is 12.7 Å². The van der Waals surface area contributed by atoms with Crippen LogP contribution in [-0.2, 0) is 4.74 Å². The van der Waals surface area contributed by atoms with Gasteiger partial charge in [0.2, 0.25) is 0 Å². The van der Waals surface area contributed by atoms with E-state index in [1.807, 2.05) is 0 Å². The summed E-state index contributed by atoms with van der Waals surface area (Å²) in [6.07, 6.45) is 7.75. The molecule has 2 fully saturated rings. The van der Waals surface area contributed by atoms with E-state index in [4.69, 9.17) is 4.74 Å². The lowest BCUT2D eigenvalue weighted by molar-refractivity contribution is -0.00857. The van der Waals surface area contributed by atoms with E-state index in [1.54, 1.807) is 12.7 Å². The topological polar surface area (TPSA) is 82.2 Å². The van der Waals surface area contributed by atoms with Crippen LogP contribution in [0.2, 0.25) is 0 Å². The van der Waals surface area contributed by atoms with Crippen LogP contribution >= 0.6 is 0 Å². The summed E-state index contributed by atoms with van der Waals surface area (Å²) in [5.74, 6) is 0.972. The van der Waals surface area contributed by atoms with Gasteiger partial charge in [-0.3, -0.25) is 0 Å². The van der Waals surface area contributed by atoms with E-state index in [9.17, 15) is 0 Å². The molecule has 2 N–H and O–H groups in total. The monoisotopic (exact) mass is 359 g/mol. The molecule has 2 aliphatic rings. The number of fused-ring (bicyclic) bond motifs is 1. The molecule has 2 aromatic heterocycles. The zero-order chi connectivity index (χ0) is 18.0. The van der Waals surface area contributed by atoms with Gasteiger partial charge in [-0.2, -0.15) is 0 Å². The Balaban J connectivity index is 1.34. The van der Waals surface area contributed by atoms with E-state index in [0.29, 0.717) is 6.04 Å². The number of anilines is 1. The molecule has 4 rings (SSSR count). The Kier molecular flexibility index (Phi) is 5.06. The first kappa shape index (κ1) is 17.6. The van der Waals surface area contributed by atoms with E-state index < -0.39 is 0 Å². The molecule has 0 radical (unpaired) electrons. The Morgan fingerprint density at radius 1 is 1.23 bits per heavy atom. The summed E-state index contributed by atoms with van der Waals surface area (Å²) >= 11 is 0. The maximum Gasteiger partial charge on any atom is 0.182 e. The molecule has 0 bridgehead atoms. The number of nitrogens with one attached hydrogen (secondary N) is 2. The molecule has 0 spiro atoms. The smallest absolute Gasteiger partial charge is 0.182 e. The molecule has 26 heavy (non-hydrogen) atoms. The largest absolute Gasteiger partial charge is 0.381 e. The average molecular weight is 359 g/mol. The third-order valence-corrected chi connectivity index (χ3v) is 6.09. The summed E-state index contributed by atoms with van der Waals surface area (Å²) < 4.78 is 5.58. The van der Waals surface area contributed by atoms with Crippen molar-refractivity contribution in [2.24, 2.45) is 0 Å². The van der Waals surface area contributed by atoms with Crippen LogP contribution in [0.5, 0.6) is 0 Å². The lowest BCUT2D eigenvalue weighted by Crippen LogP contribution is -2.57. The second-order valence-electron chi connectivity index (χ2n) is 7.67. The van der Waals surface area contributed by atoms with Crippen LogP contribution in [0.1, 0.15) is 25.7 Å². The molecule has 2 aromatic rings. The number of piperidine rings is 1. The number of nitrogens with zero attached hydrogens (tertiary/aromatic N) is 5. The number of H-pyrrole nitrogens is 1. The summed E-state index contributed by atoms with van der Waals surface area (Å²) in [4.78, 5) is 20.8. The lowest BCUT2D eigenvalue weighted by Gasteiger charge is -2.44. The molecule has 0 atom stereocenters. The Bertz CT molecular complexity index is 717. The number of imidazole rings is 1. The Hall–Kier alpha value is -1.77. The summed E-state index contributed by atoms with van der Waals surface area (Å²) in [5.41, 5.74) is 1.90. The van der Waals surface area contributed by atoms with Crippen molar-refractivity contribution in [3.05, 3.63) is 12.7 Å². The van der Waals surface area contributed by atoms with Gasteiger partial charge in [0.1, 0.15) is 11.8 Å². The first-order chi connectivity index (χ1) is 12.7. The minimum Gasteiger partial charge on any atom is -0.381 e. The Morgan fingerprint density at radius 3 is 2.73 bits per heavy atom. The van der Waals surface area contributed by atoms with Crippen molar-refractivity contribution in [1.82, 2.24) is 30.2 Å². The zero-order valence-corrected chi connectivity index (χ0v) is 15.7. The quantitative estimate of drug-likeness (QED) is 0.825. The lowest BCUT2D eigenvalue weighted by atomic mass is 9.88. The maximum absolute atomic E-state index is 5.58. The van der Waals surface area contributed by atoms with Gasteiger partial charge in [-0.1, -0.05) is 0 Å². The van der Waals surface area contributed by atoms with E-state index in [1.165, 1.54) is 0 Å². The molecule has 4 heterocycles. The van der Waals surface area contributed by atoms with Crippen molar-refractivity contribution in [3.63, 3.8) is 0 Å². The van der Waals surface area contributed by atoms with Gasteiger partial charge in [-0.05, 0) is 39.8 Å². The summed E-state index contributed by atoms with van der Waals surface area (Å²) in [7, 11) is 4.39. The van der Waals surface area contributed by atoms with Gasteiger partial charge in [0.25, 0.3) is 0 Å². The molecule has 142 valence electrons. The molecule has 2 aliphatic heterocycles. The molecular formula is C18H29N7O. The molecule has 8 heteroatoms. The number of aromatic nitrogens is 4. The van der Waals surface area contributed by atoms with Gasteiger partial charge in [0.05, 0.1) is 6.33 Å². The van der Waals surface area contributed by atoms with Gasteiger partial charge < -0.3 is 24.8 Å². The normalized spacial score (nSPS) is 21.6. The number of hydrogen-bond donors (Lipinski definition) is 2. The highest BCUT2D eigenvalue weighted by Gasteiger charge is 2.35. The predicted octanol–water partition coefficient (Wildman–Crippen LogP) is 1.02. The summed E-state index contributed by atoms with van der Waals surface area (Å²) in [5, 5.41) is 3.84. The maximum atomic E-state index is 5.58. The predicted molar refractivity (Wildman–Crippen MR) is 101 cm³/mol. The SMILES string of the molecule is CN(C)C1(CNC2CCN(c3ncnc4nc[nH]c34)CC2)CCOCC1. The Labute approximate surface area is 154 Å². The van der Waals surface area contributed by atoms with Gasteiger partial charge in [0, 0.05) is 44.4 Å². The number of hydrogen-bond acceptors (Lipinski definition) is 7. The van der Waals surface area contributed by atoms with Crippen molar-refractivity contribution in [3.8, 4) is 0 Å². The number of aromatic amines is 1. The van der Waals surface area contributed by atoms with E-state index >= 15 is 0 Å². The summed E-state index contributed by atoms with van der Waals surface area (Å²) in [6.45, 7) is 4.77. The highest BCUT2D eigenvalue weighted by molar-refractivity contribution is 5.82.